The third-order valence-corrected chi connectivity index (χ3v) is 3.60. The first-order valence-electron chi connectivity index (χ1n) is 7.49. The van der Waals surface area contributed by atoms with Crippen molar-refractivity contribution in [3.05, 3.63) is 42.5 Å². The summed E-state index contributed by atoms with van der Waals surface area (Å²) < 4.78 is 15.3. The maximum Gasteiger partial charge on any atom is 0.338 e. The van der Waals surface area contributed by atoms with Gasteiger partial charge >= 0.3 is 11.9 Å². The summed E-state index contributed by atoms with van der Waals surface area (Å²) >= 11 is 0. The molecule has 0 heterocycles. The van der Waals surface area contributed by atoms with Gasteiger partial charge < -0.3 is 19.3 Å². The molecule has 0 saturated heterocycles. The quantitative estimate of drug-likeness (QED) is 0.492. The minimum atomic E-state index is -0.567. The highest BCUT2D eigenvalue weighted by Crippen LogP contribution is 2.22. The molecule has 23 heavy (non-hydrogen) atoms. The largest absolute Gasteiger partial charge is 0.459 e. The Bertz CT molecular complexity index is 543. The van der Waals surface area contributed by atoms with Gasteiger partial charge in [-0.3, -0.25) is 0 Å². The summed E-state index contributed by atoms with van der Waals surface area (Å²) in [6, 6.07) is 6.38. The molecule has 0 spiro atoms. The fraction of sp³-hybridized carbons (Fsp3) is 0.412. The monoisotopic (exact) mass is 320 g/mol. The SMILES string of the molecule is C=CC(=O)OCOc1ccc(C(=O)OC2CCC(O)CC2)cc1. The van der Waals surface area contributed by atoms with E-state index in [0.29, 0.717) is 37.0 Å². The zero-order valence-corrected chi connectivity index (χ0v) is 12.8. The fourth-order valence-electron chi connectivity index (χ4n) is 2.28. The van der Waals surface area contributed by atoms with Gasteiger partial charge in [0.15, 0.2) is 0 Å². The maximum absolute atomic E-state index is 12.0. The maximum atomic E-state index is 12.0. The highest BCUT2D eigenvalue weighted by atomic mass is 16.7. The van der Waals surface area contributed by atoms with Crippen LogP contribution >= 0.6 is 0 Å². The Morgan fingerprint density at radius 2 is 1.83 bits per heavy atom. The van der Waals surface area contributed by atoms with Crippen LogP contribution in [0.25, 0.3) is 0 Å². The molecule has 1 aromatic rings. The molecule has 0 atom stereocenters. The minimum Gasteiger partial charge on any atom is -0.459 e. The predicted octanol–water partition coefficient (Wildman–Crippen LogP) is 2.21. The van der Waals surface area contributed by atoms with Crippen molar-refractivity contribution in [2.24, 2.45) is 0 Å². The highest BCUT2D eigenvalue weighted by molar-refractivity contribution is 5.89. The molecular weight excluding hydrogens is 300 g/mol. The Kier molecular flexibility index (Phi) is 6.17. The Morgan fingerprint density at radius 1 is 1.17 bits per heavy atom. The second kappa shape index (κ2) is 8.33. The smallest absolute Gasteiger partial charge is 0.338 e. The van der Waals surface area contributed by atoms with Gasteiger partial charge in [0.2, 0.25) is 6.79 Å². The third kappa shape index (κ3) is 5.41. The predicted molar refractivity (Wildman–Crippen MR) is 81.9 cm³/mol. The highest BCUT2D eigenvalue weighted by Gasteiger charge is 2.23. The molecule has 0 amide bonds. The van der Waals surface area contributed by atoms with E-state index < -0.39 is 11.9 Å². The van der Waals surface area contributed by atoms with E-state index in [1.54, 1.807) is 24.3 Å². The summed E-state index contributed by atoms with van der Waals surface area (Å²) in [6.45, 7) is 3.05. The third-order valence-electron chi connectivity index (χ3n) is 3.60. The lowest BCUT2D eigenvalue weighted by Gasteiger charge is -2.25. The van der Waals surface area contributed by atoms with Crippen LogP contribution in [0.1, 0.15) is 36.0 Å². The lowest BCUT2D eigenvalue weighted by molar-refractivity contribution is -0.144. The number of aliphatic hydroxyl groups excluding tert-OH is 1. The van der Waals surface area contributed by atoms with Crippen molar-refractivity contribution in [2.45, 2.75) is 37.9 Å². The number of ether oxygens (including phenoxy) is 3. The normalized spacial score (nSPS) is 20.4. The van der Waals surface area contributed by atoms with Gasteiger partial charge in [-0.1, -0.05) is 6.58 Å². The van der Waals surface area contributed by atoms with Crippen LogP contribution in [0.15, 0.2) is 36.9 Å². The van der Waals surface area contributed by atoms with Crippen molar-refractivity contribution in [3.8, 4) is 5.75 Å². The van der Waals surface area contributed by atoms with Crippen molar-refractivity contribution in [2.75, 3.05) is 6.79 Å². The zero-order valence-electron chi connectivity index (χ0n) is 12.8. The van der Waals surface area contributed by atoms with Crippen LogP contribution in [0, 0.1) is 0 Å². The second-order valence-electron chi connectivity index (χ2n) is 5.29. The van der Waals surface area contributed by atoms with E-state index in [9.17, 15) is 14.7 Å². The molecule has 1 saturated carbocycles. The molecular formula is C17H20O6. The van der Waals surface area contributed by atoms with Crippen molar-refractivity contribution >= 4 is 11.9 Å². The Morgan fingerprint density at radius 3 is 2.43 bits per heavy atom. The lowest BCUT2D eigenvalue weighted by atomic mass is 9.95. The fourth-order valence-corrected chi connectivity index (χ4v) is 2.28. The molecule has 1 aromatic carbocycles. The first-order valence-corrected chi connectivity index (χ1v) is 7.49. The molecule has 1 N–H and O–H groups in total. The summed E-state index contributed by atoms with van der Waals surface area (Å²) in [6.07, 6.45) is 3.32. The number of rotatable bonds is 6. The summed E-state index contributed by atoms with van der Waals surface area (Å²) in [7, 11) is 0. The molecule has 1 aliphatic carbocycles. The van der Waals surface area contributed by atoms with Crippen molar-refractivity contribution in [1.29, 1.82) is 0 Å². The number of aliphatic hydroxyl groups is 1. The number of carbonyl (C=O) groups is 2. The van der Waals surface area contributed by atoms with E-state index >= 15 is 0 Å². The van der Waals surface area contributed by atoms with Crippen LogP contribution in [-0.2, 0) is 14.3 Å². The van der Waals surface area contributed by atoms with E-state index in [1.165, 1.54) is 0 Å². The van der Waals surface area contributed by atoms with E-state index in [2.05, 4.69) is 6.58 Å². The topological polar surface area (TPSA) is 82.1 Å². The van der Waals surface area contributed by atoms with Crippen molar-refractivity contribution in [3.63, 3.8) is 0 Å². The lowest BCUT2D eigenvalue weighted by Crippen LogP contribution is -2.26. The van der Waals surface area contributed by atoms with E-state index in [1.807, 2.05) is 0 Å². The van der Waals surface area contributed by atoms with Gasteiger partial charge in [0.25, 0.3) is 0 Å². The van der Waals surface area contributed by atoms with Crippen molar-refractivity contribution < 1.29 is 28.9 Å². The molecule has 2 rings (SSSR count). The van der Waals surface area contributed by atoms with Gasteiger partial charge in [-0.05, 0) is 49.9 Å². The Hall–Kier alpha value is -2.34. The van der Waals surface area contributed by atoms with Crippen molar-refractivity contribution in [1.82, 2.24) is 0 Å². The van der Waals surface area contributed by atoms with Gasteiger partial charge in [-0.2, -0.15) is 0 Å². The first-order chi connectivity index (χ1) is 11.1. The average molecular weight is 320 g/mol. The summed E-state index contributed by atoms with van der Waals surface area (Å²) in [4.78, 5) is 22.9. The summed E-state index contributed by atoms with van der Waals surface area (Å²) in [5.41, 5.74) is 0.423. The molecule has 0 unspecified atom stereocenters. The first kappa shape index (κ1) is 17.0. The number of benzene rings is 1. The molecule has 1 fully saturated rings. The molecule has 0 aliphatic heterocycles. The van der Waals surface area contributed by atoms with E-state index in [0.717, 1.165) is 6.08 Å². The van der Waals surface area contributed by atoms with E-state index in [4.69, 9.17) is 14.2 Å². The molecule has 0 bridgehead atoms. The molecule has 124 valence electrons. The standard InChI is InChI=1S/C17H20O6/c1-2-16(19)22-11-21-14-7-3-12(4-8-14)17(20)23-15-9-5-13(18)6-10-15/h2-4,7-8,13,15,18H,1,5-6,9-11H2. The number of hydrogen-bond donors (Lipinski definition) is 1. The van der Waals surface area contributed by atoms with E-state index in [-0.39, 0.29) is 19.0 Å². The number of esters is 2. The van der Waals surface area contributed by atoms with Crippen LogP contribution < -0.4 is 4.74 Å². The summed E-state index contributed by atoms with van der Waals surface area (Å²) in [5.74, 6) is -0.488. The van der Waals surface area contributed by atoms with Gasteiger partial charge in [-0.25, -0.2) is 9.59 Å². The molecule has 6 heteroatoms. The molecule has 0 aromatic heterocycles. The van der Waals surface area contributed by atoms with Gasteiger partial charge in [0, 0.05) is 6.08 Å². The average Bonchev–Trinajstić information content (AvgIpc) is 2.57. The van der Waals surface area contributed by atoms with Crippen LogP contribution in [0.5, 0.6) is 5.75 Å². The van der Waals surface area contributed by atoms with Crippen LogP contribution in [0.4, 0.5) is 0 Å². The molecule has 0 radical (unpaired) electrons. The minimum absolute atomic E-state index is 0.139. The molecule has 1 aliphatic rings. The van der Waals surface area contributed by atoms with Gasteiger partial charge in [-0.15, -0.1) is 0 Å². The van der Waals surface area contributed by atoms with Crippen LogP contribution in [0.2, 0.25) is 0 Å². The van der Waals surface area contributed by atoms with Crippen LogP contribution in [0.3, 0.4) is 0 Å². The summed E-state index contributed by atoms with van der Waals surface area (Å²) in [5, 5.41) is 9.44. The number of carbonyl (C=O) groups excluding carboxylic acids is 2. The van der Waals surface area contributed by atoms with Gasteiger partial charge in [0.05, 0.1) is 11.7 Å². The Labute approximate surface area is 134 Å². The number of hydrogen-bond acceptors (Lipinski definition) is 6. The van der Waals surface area contributed by atoms with Crippen LogP contribution in [-0.4, -0.2) is 36.0 Å². The Balaban J connectivity index is 1.80. The van der Waals surface area contributed by atoms with Gasteiger partial charge in [0.1, 0.15) is 11.9 Å². The molecule has 6 nitrogen and oxygen atoms in total. The zero-order chi connectivity index (χ0) is 16.7. The second-order valence-corrected chi connectivity index (χ2v) is 5.29.